The lowest BCUT2D eigenvalue weighted by Crippen LogP contribution is -1.78. The molecule has 0 saturated heterocycles. The van der Waals surface area contributed by atoms with Gasteiger partial charge in [-0.3, -0.25) is 0 Å². The standard InChI is InChI=1S/C13H18/c1-6-8-9-13(11(3)4)10-12(5)7-2/h6-10H,1-2H2,3-5H3/b9-8-,12-10-. The third-order valence-corrected chi connectivity index (χ3v) is 1.69. The van der Waals surface area contributed by atoms with Crippen LogP contribution < -0.4 is 0 Å². The van der Waals surface area contributed by atoms with E-state index in [1.165, 1.54) is 16.7 Å². The first kappa shape index (κ1) is 11.7. The molecule has 0 aliphatic carbocycles. The Kier molecular flexibility index (Phi) is 5.62. The predicted molar refractivity (Wildman–Crippen MR) is 61.7 cm³/mol. The molecule has 0 aromatic carbocycles. The average Bonchev–Trinajstić information content (AvgIpc) is 2.11. The summed E-state index contributed by atoms with van der Waals surface area (Å²) in [4.78, 5) is 0. The summed E-state index contributed by atoms with van der Waals surface area (Å²) in [6.45, 7) is 13.6. The molecule has 0 spiro atoms. The SMILES string of the molecule is C=C/C=C\C(/C=C(/C)C=C)=C(C)C. The van der Waals surface area contributed by atoms with Crippen molar-refractivity contribution in [3.63, 3.8) is 0 Å². The van der Waals surface area contributed by atoms with Gasteiger partial charge in [-0.25, -0.2) is 0 Å². The summed E-state index contributed by atoms with van der Waals surface area (Å²) >= 11 is 0. The molecule has 0 rings (SSSR count). The van der Waals surface area contributed by atoms with Crippen LogP contribution in [0.1, 0.15) is 20.8 Å². The summed E-state index contributed by atoms with van der Waals surface area (Å²) in [6, 6.07) is 0. The normalized spacial score (nSPS) is 11.5. The largest absolute Gasteiger partial charge is 0.0991 e. The molecule has 0 radical (unpaired) electrons. The first-order valence-electron chi connectivity index (χ1n) is 4.39. The number of allylic oxidation sites excluding steroid dienone is 8. The monoisotopic (exact) mass is 174 g/mol. The van der Waals surface area contributed by atoms with Crippen molar-refractivity contribution < 1.29 is 0 Å². The minimum absolute atomic E-state index is 1.17. The zero-order valence-corrected chi connectivity index (χ0v) is 8.80. The van der Waals surface area contributed by atoms with E-state index >= 15 is 0 Å². The topological polar surface area (TPSA) is 0 Å². The van der Waals surface area contributed by atoms with Gasteiger partial charge in [0.05, 0.1) is 0 Å². The number of hydrogen-bond acceptors (Lipinski definition) is 0. The Morgan fingerprint density at radius 2 is 1.69 bits per heavy atom. The minimum atomic E-state index is 1.17. The van der Waals surface area contributed by atoms with E-state index < -0.39 is 0 Å². The zero-order chi connectivity index (χ0) is 10.3. The van der Waals surface area contributed by atoms with Gasteiger partial charge in [0.1, 0.15) is 0 Å². The average molecular weight is 174 g/mol. The van der Waals surface area contributed by atoms with Crippen molar-refractivity contribution in [1.82, 2.24) is 0 Å². The van der Waals surface area contributed by atoms with E-state index in [0.29, 0.717) is 0 Å². The highest BCUT2D eigenvalue weighted by Crippen LogP contribution is 2.10. The molecule has 0 aromatic heterocycles. The lowest BCUT2D eigenvalue weighted by Gasteiger charge is -1.99. The quantitative estimate of drug-likeness (QED) is 0.560. The van der Waals surface area contributed by atoms with Crippen LogP contribution in [0.4, 0.5) is 0 Å². The molecule has 0 fully saturated rings. The first-order chi connectivity index (χ1) is 6.11. The van der Waals surface area contributed by atoms with Gasteiger partial charge < -0.3 is 0 Å². The fraction of sp³-hybridized carbons (Fsp3) is 0.231. The second-order valence-corrected chi connectivity index (χ2v) is 3.14. The molecule has 0 unspecified atom stereocenters. The van der Waals surface area contributed by atoms with Gasteiger partial charge in [0, 0.05) is 0 Å². The van der Waals surface area contributed by atoms with Gasteiger partial charge in [-0.1, -0.05) is 54.7 Å². The highest BCUT2D eigenvalue weighted by atomic mass is 14.0. The van der Waals surface area contributed by atoms with Crippen LogP contribution >= 0.6 is 0 Å². The van der Waals surface area contributed by atoms with E-state index in [1.54, 1.807) is 6.08 Å². The van der Waals surface area contributed by atoms with Crippen molar-refractivity contribution in [2.75, 3.05) is 0 Å². The molecule has 13 heavy (non-hydrogen) atoms. The zero-order valence-electron chi connectivity index (χ0n) is 8.80. The molecule has 0 heteroatoms. The van der Waals surface area contributed by atoms with Gasteiger partial charge in [0.15, 0.2) is 0 Å². The molecule has 0 nitrogen and oxygen atoms in total. The van der Waals surface area contributed by atoms with E-state index in [1.807, 2.05) is 19.1 Å². The molecule has 0 aliphatic heterocycles. The summed E-state index contributed by atoms with van der Waals surface area (Å²) in [5.41, 5.74) is 3.68. The summed E-state index contributed by atoms with van der Waals surface area (Å²) in [5.74, 6) is 0. The van der Waals surface area contributed by atoms with E-state index in [-0.39, 0.29) is 0 Å². The highest BCUT2D eigenvalue weighted by molar-refractivity contribution is 5.39. The van der Waals surface area contributed by atoms with Crippen LogP contribution in [0.5, 0.6) is 0 Å². The van der Waals surface area contributed by atoms with Crippen LogP contribution in [0.3, 0.4) is 0 Å². The first-order valence-corrected chi connectivity index (χ1v) is 4.39. The lowest BCUT2D eigenvalue weighted by atomic mass is 10.1. The summed E-state index contributed by atoms with van der Waals surface area (Å²) in [7, 11) is 0. The molecule has 0 N–H and O–H groups in total. The highest BCUT2D eigenvalue weighted by Gasteiger charge is 1.90. The van der Waals surface area contributed by atoms with Gasteiger partial charge >= 0.3 is 0 Å². The Morgan fingerprint density at radius 3 is 2.08 bits per heavy atom. The fourth-order valence-corrected chi connectivity index (χ4v) is 0.835. The number of rotatable bonds is 4. The Bertz CT molecular complexity index is 268. The Hall–Kier alpha value is -1.30. The van der Waals surface area contributed by atoms with Crippen molar-refractivity contribution >= 4 is 0 Å². The van der Waals surface area contributed by atoms with E-state index in [2.05, 4.69) is 39.2 Å². The van der Waals surface area contributed by atoms with Crippen LogP contribution in [-0.4, -0.2) is 0 Å². The maximum atomic E-state index is 3.72. The van der Waals surface area contributed by atoms with Gasteiger partial charge in [-0.05, 0) is 26.3 Å². The van der Waals surface area contributed by atoms with Crippen molar-refractivity contribution in [2.24, 2.45) is 0 Å². The van der Waals surface area contributed by atoms with Gasteiger partial charge in [-0.2, -0.15) is 0 Å². The maximum absolute atomic E-state index is 3.72. The second-order valence-electron chi connectivity index (χ2n) is 3.14. The van der Waals surface area contributed by atoms with Crippen molar-refractivity contribution in [3.8, 4) is 0 Å². The van der Waals surface area contributed by atoms with Crippen LogP contribution in [-0.2, 0) is 0 Å². The van der Waals surface area contributed by atoms with Crippen LogP contribution in [0.25, 0.3) is 0 Å². The summed E-state index contributed by atoms with van der Waals surface area (Å²) in [6.07, 6.45) is 9.73. The van der Waals surface area contributed by atoms with Crippen molar-refractivity contribution in [2.45, 2.75) is 20.8 Å². The summed E-state index contributed by atoms with van der Waals surface area (Å²) in [5, 5.41) is 0. The molecule has 70 valence electrons. The molecular weight excluding hydrogens is 156 g/mol. The Labute approximate surface area is 81.7 Å². The predicted octanol–water partition coefficient (Wildman–Crippen LogP) is 4.20. The molecule has 0 aromatic rings. The third kappa shape index (κ3) is 5.02. The third-order valence-electron chi connectivity index (χ3n) is 1.69. The van der Waals surface area contributed by atoms with Crippen molar-refractivity contribution in [1.29, 1.82) is 0 Å². The second kappa shape index (κ2) is 6.24. The Balaban J connectivity index is 4.86. The molecule has 0 heterocycles. The molecule has 0 aliphatic rings. The van der Waals surface area contributed by atoms with E-state index in [4.69, 9.17) is 0 Å². The Morgan fingerprint density at radius 1 is 1.08 bits per heavy atom. The van der Waals surface area contributed by atoms with Gasteiger partial charge in [0.2, 0.25) is 0 Å². The molecule has 0 saturated carbocycles. The minimum Gasteiger partial charge on any atom is -0.0991 e. The van der Waals surface area contributed by atoms with E-state index in [0.717, 1.165) is 0 Å². The molecule has 0 atom stereocenters. The summed E-state index contributed by atoms with van der Waals surface area (Å²) < 4.78 is 0. The molecule has 0 bridgehead atoms. The maximum Gasteiger partial charge on any atom is -0.0268 e. The van der Waals surface area contributed by atoms with Gasteiger partial charge in [0.25, 0.3) is 0 Å². The fourth-order valence-electron chi connectivity index (χ4n) is 0.835. The van der Waals surface area contributed by atoms with Crippen LogP contribution in [0, 0.1) is 0 Å². The smallest absolute Gasteiger partial charge is 0.0268 e. The number of hydrogen-bond donors (Lipinski definition) is 0. The van der Waals surface area contributed by atoms with Crippen LogP contribution in [0.2, 0.25) is 0 Å². The van der Waals surface area contributed by atoms with Gasteiger partial charge in [-0.15, -0.1) is 0 Å². The van der Waals surface area contributed by atoms with E-state index in [9.17, 15) is 0 Å². The lowest BCUT2D eigenvalue weighted by molar-refractivity contribution is 1.33. The molecule has 0 amide bonds. The van der Waals surface area contributed by atoms with Crippen molar-refractivity contribution in [3.05, 3.63) is 60.3 Å². The van der Waals surface area contributed by atoms with Crippen LogP contribution in [0.15, 0.2) is 60.3 Å². The molecular formula is C13H18.